The molecule has 1 aromatic rings. The third-order valence-corrected chi connectivity index (χ3v) is 2.60. The maximum Gasteiger partial charge on any atom is 0.0552 e. The van der Waals surface area contributed by atoms with Crippen LogP contribution in [-0.4, -0.2) is 24.3 Å². The minimum atomic E-state index is -0.260. The molecular weight excluding hydrogens is 186 g/mol. The van der Waals surface area contributed by atoms with Crippen molar-refractivity contribution in [3.8, 4) is 0 Å². The maximum atomic E-state index is 9.27. The number of hydrogen-bond donors (Lipinski definition) is 1. The summed E-state index contributed by atoms with van der Waals surface area (Å²) in [6.45, 7) is 8.21. The summed E-state index contributed by atoms with van der Waals surface area (Å²) in [5, 5.41) is 9.27. The van der Waals surface area contributed by atoms with Crippen molar-refractivity contribution >= 4 is 5.69 Å². The largest absolute Gasteiger partial charge is 0.393 e. The molecule has 2 nitrogen and oxygen atoms in total. The van der Waals surface area contributed by atoms with E-state index in [4.69, 9.17) is 0 Å². The molecule has 0 aromatic heterocycles. The van der Waals surface area contributed by atoms with E-state index in [9.17, 15) is 5.11 Å². The van der Waals surface area contributed by atoms with Crippen LogP contribution in [0, 0.1) is 0 Å². The van der Waals surface area contributed by atoms with Crippen molar-refractivity contribution in [2.24, 2.45) is 0 Å². The van der Waals surface area contributed by atoms with Crippen LogP contribution in [-0.2, 0) is 6.42 Å². The Morgan fingerprint density at radius 3 is 2.07 bits per heavy atom. The third-order valence-electron chi connectivity index (χ3n) is 2.60. The summed E-state index contributed by atoms with van der Waals surface area (Å²) in [6.07, 6.45) is 0.475. The molecule has 1 aromatic carbocycles. The van der Waals surface area contributed by atoms with Gasteiger partial charge in [0.1, 0.15) is 0 Å². The Morgan fingerprint density at radius 2 is 1.67 bits per heavy atom. The molecule has 0 fully saturated rings. The van der Waals surface area contributed by atoms with Crippen LogP contribution >= 0.6 is 0 Å². The van der Waals surface area contributed by atoms with Gasteiger partial charge in [-0.1, -0.05) is 12.1 Å². The highest BCUT2D eigenvalue weighted by atomic mass is 16.3. The van der Waals surface area contributed by atoms with E-state index < -0.39 is 0 Å². The summed E-state index contributed by atoms with van der Waals surface area (Å²) < 4.78 is 0. The molecule has 1 rings (SSSR count). The fraction of sp³-hybridized carbons (Fsp3) is 0.538. The van der Waals surface area contributed by atoms with Gasteiger partial charge in [-0.05, 0) is 44.9 Å². The van der Waals surface area contributed by atoms with Gasteiger partial charge >= 0.3 is 0 Å². The molecule has 0 heterocycles. The molecule has 0 unspecified atom stereocenters. The lowest BCUT2D eigenvalue weighted by Gasteiger charge is -2.21. The van der Waals surface area contributed by atoms with Crippen molar-refractivity contribution in [1.82, 2.24) is 0 Å². The smallest absolute Gasteiger partial charge is 0.0552 e. The van der Waals surface area contributed by atoms with Gasteiger partial charge in [0.05, 0.1) is 6.10 Å². The van der Waals surface area contributed by atoms with Crippen LogP contribution in [0.3, 0.4) is 0 Å². The van der Waals surface area contributed by atoms with Gasteiger partial charge in [0.15, 0.2) is 0 Å². The summed E-state index contributed by atoms with van der Waals surface area (Å²) in [5.74, 6) is 0. The Labute approximate surface area is 92.5 Å². The van der Waals surface area contributed by atoms with Gasteiger partial charge in [-0.15, -0.1) is 0 Å². The minimum absolute atomic E-state index is 0.260. The standard InChI is InChI=1S/C13H21NO/c1-4-14(5-2)13-8-6-12(7-9-13)10-11(3)15/h6-9,11,15H,4-5,10H2,1-3H3/t11-/m0/s1. The van der Waals surface area contributed by atoms with Crippen molar-refractivity contribution in [2.75, 3.05) is 18.0 Å². The molecule has 0 aliphatic rings. The van der Waals surface area contributed by atoms with Crippen molar-refractivity contribution in [2.45, 2.75) is 33.3 Å². The summed E-state index contributed by atoms with van der Waals surface area (Å²) in [4.78, 5) is 2.31. The first-order chi connectivity index (χ1) is 7.17. The molecule has 0 saturated carbocycles. The number of aliphatic hydroxyl groups is 1. The van der Waals surface area contributed by atoms with E-state index >= 15 is 0 Å². The fourth-order valence-corrected chi connectivity index (χ4v) is 1.77. The Balaban J connectivity index is 2.71. The predicted octanol–water partition coefficient (Wildman–Crippen LogP) is 2.46. The van der Waals surface area contributed by atoms with E-state index in [2.05, 4.69) is 43.0 Å². The van der Waals surface area contributed by atoms with Crippen molar-refractivity contribution < 1.29 is 5.11 Å². The van der Waals surface area contributed by atoms with E-state index in [-0.39, 0.29) is 6.10 Å². The Kier molecular flexibility index (Phi) is 4.63. The second-order valence-corrected chi connectivity index (χ2v) is 3.89. The molecule has 15 heavy (non-hydrogen) atoms. The van der Waals surface area contributed by atoms with Crippen molar-refractivity contribution in [1.29, 1.82) is 0 Å². The van der Waals surface area contributed by atoms with Gasteiger partial charge in [0.25, 0.3) is 0 Å². The number of benzene rings is 1. The molecular formula is C13H21NO. The van der Waals surface area contributed by atoms with E-state index in [1.54, 1.807) is 0 Å². The average Bonchev–Trinajstić information content (AvgIpc) is 2.21. The van der Waals surface area contributed by atoms with Gasteiger partial charge in [-0.2, -0.15) is 0 Å². The summed E-state index contributed by atoms with van der Waals surface area (Å²) in [5.41, 5.74) is 2.45. The quantitative estimate of drug-likeness (QED) is 0.801. The van der Waals surface area contributed by atoms with Gasteiger partial charge in [0, 0.05) is 18.8 Å². The Hall–Kier alpha value is -1.02. The SMILES string of the molecule is CCN(CC)c1ccc(C[C@H](C)O)cc1. The molecule has 0 aliphatic carbocycles. The van der Waals surface area contributed by atoms with Gasteiger partial charge in [0.2, 0.25) is 0 Å². The molecule has 2 heteroatoms. The van der Waals surface area contributed by atoms with Crippen LogP contribution < -0.4 is 4.90 Å². The lowest BCUT2D eigenvalue weighted by molar-refractivity contribution is 0.195. The zero-order valence-corrected chi connectivity index (χ0v) is 9.90. The molecule has 0 amide bonds. The third kappa shape index (κ3) is 3.56. The number of rotatable bonds is 5. The molecule has 0 saturated heterocycles. The van der Waals surface area contributed by atoms with Crippen LogP contribution in [0.15, 0.2) is 24.3 Å². The summed E-state index contributed by atoms with van der Waals surface area (Å²) in [7, 11) is 0. The maximum absolute atomic E-state index is 9.27. The van der Waals surface area contributed by atoms with E-state index in [1.165, 1.54) is 11.3 Å². The first-order valence-corrected chi connectivity index (χ1v) is 5.69. The second kappa shape index (κ2) is 5.76. The molecule has 0 bridgehead atoms. The van der Waals surface area contributed by atoms with Crippen LogP contribution in [0.2, 0.25) is 0 Å². The Morgan fingerprint density at radius 1 is 1.13 bits per heavy atom. The summed E-state index contributed by atoms with van der Waals surface area (Å²) in [6, 6.07) is 8.45. The molecule has 1 atom stereocenters. The summed E-state index contributed by atoms with van der Waals surface area (Å²) >= 11 is 0. The average molecular weight is 207 g/mol. The normalized spacial score (nSPS) is 12.5. The molecule has 0 radical (unpaired) electrons. The van der Waals surface area contributed by atoms with E-state index in [0.29, 0.717) is 0 Å². The Bertz CT molecular complexity index is 275. The van der Waals surface area contributed by atoms with E-state index in [1.807, 2.05) is 6.92 Å². The minimum Gasteiger partial charge on any atom is -0.393 e. The van der Waals surface area contributed by atoms with Crippen LogP contribution in [0.4, 0.5) is 5.69 Å². The highest BCUT2D eigenvalue weighted by Crippen LogP contribution is 2.15. The van der Waals surface area contributed by atoms with Crippen molar-refractivity contribution in [3.05, 3.63) is 29.8 Å². The lowest BCUT2D eigenvalue weighted by atomic mass is 10.1. The molecule has 0 spiro atoms. The monoisotopic (exact) mass is 207 g/mol. The number of hydrogen-bond acceptors (Lipinski definition) is 2. The lowest BCUT2D eigenvalue weighted by Crippen LogP contribution is -2.21. The van der Waals surface area contributed by atoms with Crippen LogP contribution in [0.5, 0.6) is 0 Å². The highest BCUT2D eigenvalue weighted by Gasteiger charge is 2.02. The zero-order chi connectivity index (χ0) is 11.3. The van der Waals surface area contributed by atoms with Gasteiger partial charge in [-0.25, -0.2) is 0 Å². The zero-order valence-electron chi connectivity index (χ0n) is 9.90. The highest BCUT2D eigenvalue weighted by molar-refractivity contribution is 5.47. The van der Waals surface area contributed by atoms with Gasteiger partial charge in [-0.3, -0.25) is 0 Å². The number of aliphatic hydroxyl groups excluding tert-OH is 1. The topological polar surface area (TPSA) is 23.5 Å². The fourth-order valence-electron chi connectivity index (χ4n) is 1.77. The predicted molar refractivity (Wildman–Crippen MR) is 65.4 cm³/mol. The van der Waals surface area contributed by atoms with Crippen LogP contribution in [0.25, 0.3) is 0 Å². The molecule has 0 aliphatic heterocycles. The molecule has 1 N–H and O–H groups in total. The van der Waals surface area contributed by atoms with E-state index in [0.717, 1.165) is 19.5 Å². The molecule has 84 valence electrons. The van der Waals surface area contributed by atoms with Crippen molar-refractivity contribution in [3.63, 3.8) is 0 Å². The van der Waals surface area contributed by atoms with Gasteiger partial charge < -0.3 is 10.0 Å². The second-order valence-electron chi connectivity index (χ2n) is 3.89. The first kappa shape index (κ1) is 12.1. The number of nitrogens with zero attached hydrogens (tertiary/aromatic N) is 1. The van der Waals surface area contributed by atoms with Crippen LogP contribution in [0.1, 0.15) is 26.3 Å². The first-order valence-electron chi connectivity index (χ1n) is 5.69. The number of anilines is 1.